The van der Waals surface area contributed by atoms with E-state index in [-0.39, 0.29) is 17.5 Å². The first-order valence-electron chi connectivity index (χ1n) is 6.32. The van der Waals surface area contributed by atoms with Crippen LogP contribution in [0.2, 0.25) is 0 Å². The summed E-state index contributed by atoms with van der Waals surface area (Å²) in [4.78, 5) is 29.0. The van der Waals surface area contributed by atoms with Crippen molar-refractivity contribution in [3.8, 4) is 0 Å². The smallest absolute Gasteiger partial charge is 0.337 e. The van der Waals surface area contributed by atoms with Crippen molar-refractivity contribution in [2.24, 2.45) is 0 Å². The molecular formula is C13H17N3O3. The number of nitrogens with one attached hydrogen (secondary N) is 1. The molecule has 2 heterocycles. The first kappa shape index (κ1) is 13.5. The number of amides is 1. The molecule has 1 aromatic rings. The van der Waals surface area contributed by atoms with E-state index in [1.165, 1.54) is 6.07 Å². The highest BCUT2D eigenvalue weighted by atomic mass is 16.4. The van der Waals surface area contributed by atoms with Crippen molar-refractivity contribution in [2.75, 3.05) is 13.1 Å². The van der Waals surface area contributed by atoms with Crippen LogP contribution >= 0.6 is 0 Å². The van der Waals surface area contributed by atoms with Crippen LogP contribution in [0.5, 0.6) is 0 Å². The monoisotopic (exact) mass is 263 g/mol. The molecule has 1 unspecified atom stereocenters. The van der Waals surface area contributed by atoms with E-state index in [4.69, 9.17) is 5.11 Å². The highest BCUT2D eigenvalue weighted by molar-refractivity contribution is 5.88. The number of carbonyl (C=O) groups excluding carboxylic acids is 1. The summed E-state index contributed by atoms with van der Waals surface area (Å²) in [5, 5.41) is 12.0. The number of aromatic nitrogens is 1. The van der Waals surface area contributed by atoms with Crippen LogP contribution in [0.15, 0.2) is 18.3 Å². The van der Waals surface area contributed by atoms with Crippen molar-refractivity contribution in [3.05, 3.63) is 29.6 Å². The Hall–Kier alpha value is -1.95. The number of pyridine rings is 1. The second-order valence-corrected chi connectivity index (χ2v) is 4.49. The molecule has 0 saturated carbocycles. The summed E-state index contributed by atoms with van der Waals surface area (Å²) in [5.41, 5.74) is 0.700. The number of carboxylic acids is 1. The lowest BCUT2D eigenvalue weighted by molar-refractivity contribution is -0.129. The van der Waals surface area contributed by atoms with Crippen molar-refractivity contribution in [3.63, 3.8) is 0 Å². The number of piperazine rings is 1. The zero-order valence-corrected chi connectivity index (χ0v) is 10.8. The maximum Gasteiger partial charge on any atom is 0.337 e. The summed E-state index contributed by atoms with van der Waals surface area (Å²) in [6.07, 6.45) is 2.27. The average Bonchev–Trinajstić information content (AvgIpc) is 2.39. The van der Waals surface area contributed by atoms with Gasteiger partial charge in [-0.2, -0.15) is 0 Å². The van der Waals surface area contributed by atoms with Crippen molar-refractivity contribution >= 4 is 11.9 Å². The third-order valence-corrected chi connectivity index (χ3v) is 3.30. The quantitative estimate of drug-likeness (QED) is 0.826. The number of hydrogen-bond acceptors (Lipinski definition) is 4. The van der Waals surface area contributed by atoms with Gasteiger partial charge in [0, 0.05) is 25.8 Å². The number of hydrogen-bond donors (Lipinski definition) is 2. The van der Waals surface area contributed by atoms with Crippen LogP contribution < -0.4 is 5.32 Å². The standard InChI is InChI=1S/C13H17N3O3/c1-2-11-12(17)15-6-7-16(11)8-10-9(13(18)19)4-3-5-14-10/h3-5,11H,2,6-8H2,1H3,(H,15,17)(H,18,19). The van der Waals surface area contributed by atoms with Gasteiger partial charge in [-0.3, -0.25) is 14.7 Å². The SMILES string of the molecule is CCC1C(=O)NCCN1Cc1ncccc1C(=O)O. The van der Waals surface area contributed by atoms with E-state index in [0.29, 0.717) is 31.7 Å². The molecule has 1 fully saturated rings. The first-order valence-corrected chi connectivity index (χ1v) is 6.32. The minimum Gasteiger partial charge on any atom is -0.478 e. The van der Waals surface area contributed by atoms with Gasteiger partial charge >= 0.3 is 5.97 Å². The zero-order chi connectivity index (χ0) is 13.8. The molecule has 1 amide bonds. The number of nitrogens with zero attached hydrogens (tertiary/aromatic N) is 2. The molecule has 0 aromatic carbocycles. The third kappa shape index (κ3) is 2.90. The highest BCUT2D eigenvalue weighted by Gasteiger charge is 2.29. The topological polar surface area (TPSA) is 82.5 Å². The molecule has 0 bridgehead atoms. The van der Waals surface area contributed by atoms with Gasteiger partial charge in [0.25, 0.3) is 0 Å². The molecule has 1 aliphatic heterocycles. The fraction of sp³-hybridized carbons (Fsp3) is 0.462. The Morgan fingerprint density at radius 3 is 3.11 bits per heavy atom. The Morgan fingerprint density at radius 2 is 2.42 bits per heavy atom. The molecule has 6 heteroatoms. The molecule has 1 atom stereocenters. The number of carbonyl (C=O) groups is 2. The van der Waals surface area contributed by atoms with E-state index >= 15 is 0 Å². The summed E-state index contributed by atoms with van der Waals surface area (Å²) in [7, 11) is 0. The Labute approximate surface area is 111 Å². The molecule has 1 saturated heterocycles. The van der Waals surface area contributed by atoms with E-state index in [1.807, 2.05) is 11.8 Å². The Kier molecular flexibility index (Phi) is 4.11. The summed E-state index contributed by atoms with van der Waals surface area (Å²) in [6, 6.07) is 2.93. The molecular weight excluding hydrogens is 246 g/mol. The number of aromatic carboxylic acids is 1. The van der Waals surface area contributed by atoms with Gasteiger partial charge in [-0.1, -0.05) is 6.92 Å². The Bertz CT molecular complexity index is 490. The lowest BCUT2D eigenvalue weighted by Crippen LogP contribution is -2.54. The lowest BCUT2D eigenvalue weighted by Gasteiger charge is -2.34. The molecule has 102 valence electrons. The van der Waals surface area contributed by atoms with Gasteiger partial charge in [0.1, 0.15) is 0 Å². The predicted octanol–water partition coefficient (Wildman–Crippen LogP) is 0.490. The van der Waals surface area contributed by atoms with Crippen LogP contribution in [0.4, 0.5) is 0 Å². The zero-order valence-electron chi connectivity index (χ0n) is 10.8. The fourth-order valence-electron chi connectivity index (χ4n) is 2.35. The van der Waals surface area contributed by atoms with Crippen molar-refractivity contribution in [1.82, 2.24) is 15.2 Å². The van der Waals surface area contributed by atoms with Crippen LogP contribution in [0.1, 0.15) is 29.4 Å². The molecule has 0 radical (unpaired) electrons. The largest absolute Gasteiger partial charge is 0.478 e. The van der Waals surface area contributed by atoms with Gasteiger partial charge in [0.05, 0.1) is 17.3 Å². The van der Waals surface area contributed by atoms with Gasteiger partial charge in [-0.25, -0.2) is 4.79 Å². The average molecular weight is 263 g/mol. The van der Waals surface area contributed by atoms with E-state index in [9.17, 15) is 9.59 Å². The summed E-state index contributed by atoms with van der Waals surface area (Å²) in [6.45, 7) is 3.62. The molecule has 2 rings (SSSR count). The van der Waals surface area contributed by atoms with Gasteiger partial charge in [0.2, 0.25) is 5.91 Å². The maximum absolute atomic E-state index is 11.8. The Morgan fingerprint density at radius 1 is 1.63 bits per heavy atom. The molecule has 1 aliphatic rings. The van der Waals surface area contributed by atoms with Gasteiger partial charge in [-0.15, -0.1) is 0 Å². The highest BCUT2D eigenvalue weighted by Crippen LogP contribution is 2.15. The van der Waals surface area contributed by atoms with E-state index in [0.717, 1.165) is 0 Å². The molecule has 2 N–H and O–H groups in total. The van der Waals surface area contributed by atoms with E-state index in [1.54, 1.807) is 12.3 Å². The van der Waals surface area contributed by atoms with Gasteiger partial charge in [-0.05, 0) is 18.6 Å². The summed E-state index contributed by atoms with van der Waals surface area (Å²) < 4.78 is 0. The predicted molar refractivity (Wildman–Crippen MR) is 68.7 cm³/mol. The third-order valence-electron chi connectivity index (χ3n) is 3.30. The van der Waals surface area contributed by atoms with Crippen LogP contribution in [0.3, 0.4) is 0 Å². The van der Waals surface area contributed by atoms with Crippen molar-refractivity contribution in [2.45, 2.75) is 25.9 Å². The Balaban J connectivity index is 2.20. The van der Waals surface area contributed by atoms with Gasteiger partial charge in [0.15, 0.2) is 0 Å². The lowest BCUT2D eigenvalue weighted by atomic mass is 10.1. The van der Waals surface area contributed by atoms with E-state index < -0.39 is 5.97 Å². The number of carboxylic acid groups (broad SMARTS) is 1. The molecule has 0 spiro atoms. The second kappa shape index (κ2) is 5.79. The minimum absolute atomic E-state index is 0.00144. The summed E-state index contributed by atoms with van der Waals surface area (Å²) in [5.74, 6) is -0.987. The van der Waals surface area contributed by atoms with Crippen LogP contribution in [-0.4, -0.2) is 46.0 Å². The normalized spacial score (nSPS) is 20.1. The van der Waals surface area contributed by atoms with Crippen molar-refractivity contribution in [1.29, 1.82) is 0 Å². The van der Waals surface area contributed by atoms with Crippen LogP contribution in [-0.2, 0) is 11.3 Å². The fourth-order valence-corrected chi connectivity index (χ4v) is 2.35. The minimum atomic E-state index is -0.988. The maximum atomic E-state index is 11.8. The van der Waals surface area contributed by atoms with Crippen LogP contribution in [0, 0.1) is 0 Å². The molecule has 19 heavy (non-hydrogen) atoms. The first-order chi connectivity index (χ1) is 9.13. The van der Waals surface area contributed by atoms with Crippen molar-refractivity contribution < 1.29 is 14.7 Å². The van der Waals surface area contributed by atoms with E-state index in [2.05, 4.69) is 10.3 Å². The van der Waals surface area contributed by atoms with Crippen LogP contribution in [0.25, 0.3) is 0 Å². The molecule has 0 aliphatic carbocycles. The summed E-state index contributed by atoms with van der Waals surface area (Å²) >= 11 is 0. The van der Waals surface area contributed by atoms with Gasteiger partial charge < -0.3 is 10.4 Å². The molecule has 6 nitrogen and oxygen atoms in total. The molecule has 1 aromatic heterocycles. The number of rotatable bonds is 4. The second-order valence-electron chi connectivity index (χ2n) is 4.49.